The average Bonchev–Trinajstić information content (AvgIpc) is 2.55. The molecule has 6 nitrogen and oxygen atoms in total. The number of likely N-dealkylation sites (tertiary alicyclic amines) is 1. The molecule has 1 aromatic rings. The van der Waals surface area contributed by atoms with Gasteiger partial charge in [0.2, 0.25) is 17.7 Å². The summed E-state index contributed by atoms with van der Waals surface area (Å²) in [6.07, 6.45) is 1.54. The van der Waals surface area contributed by atoms with Gasteiger partial charge >= 0.3 is 0 Å². The van der Waals surface area contributed by atoms with Gasteiger partial charge in [-0.3, -0.25) is 14.4 Å². The molecular formula is C19H27N3O3. The standard InChI is InChI=1S/C19H27N3O3/c1-19(2,3)18(25)22-10-8-14(9-11-22)17(24)21-15-6-4-13(5-7-15)12-16(20)23/h4-7,14H,8-12H2,1-3H3,(H2,20,23)(H,21,24). The van der Waals surface area contributed by atoms with Crippen LogP contribution in [0.15, 0.2) is 24.3 Å². The van der Waals surface area contributed by atoms with Crippen LogP contribution in [0.5, 0.6) is 0 Å². The number of primary amides is 1. The Hall–Kier alpha value is -2.37. The summed E-state index contributed by atoms with van der Waals surface area (Å²) in [7, 11) is 0. The highest BCUT2D eigenvalue weighted by Crippen LogP contribution is 2.24. The second-order valence-electron chi connectivity index (χ2n) is 7.65. The topological polar surface area (TPSA) is 92.5 Å². The molecule has 0 atom stereocenters. The zero-order valence-electron chi connectivity index (χ0n) is 15.2. The molecule has 1 fully saturated rings. The maximum atomic E-state index is 12.4. The Morgan fingerprint density at radius 1 is 1.12 bits per heavy atom. The molecule has 0 spiro atoms. The monoisotopic (exact) mass is 345 g/mol. The molecular weight excluding hydrogens is 318 g/mol. The molecule has 0 radical (unpaired) electrons. The zero-order valence-corrected chi connectivity index (χ0v) is 15.2. The van der Waals surface area contributed by atoms with Crippen molar-refractivity contribution >= 4 is 23.4 Å². The van der Waals surface area contributed by atoms with Gasteiger partial charge in [-0.25, -0.2) is 0 Å². The number of hydrogen-bond acceptors (Lipinski definition) is 3. The van der Waals surface area contributed by atoms with E-state index in [1.54, 1.807) is 24.3 Å². The van der Waals surface area contributed by atoms with Gasteiger partial charge in [0.15, 0.2) is 0 Å². The van der Waals surface area contributed by atoms with Crippen LogP contribution in [0.2, 0.25) is 0 Å². The fraction of sp³-hybridized carbons (Fsp3) is 0.526. The molecule has 2 rings (SSSR count). The van der Waals surface area contributed by atoms with E-state index in [-0.39, 0.29) is 35.5 Å². The van der Waals surface area contributed by atoms with Gasteiger partial charge in [-0.05, 0) is 30.5 Å². The third-order valence-corrected chi connectivity index (χ3v) is 4.39. The molecule has 1 aliphatic rings. The number of nitrogens with one attached hydrogen (secondary N) is 1. The van der Waals surface area contributed by atoms with Crippen molar-refractivity contribution in [3.63, 3.8) is 0 Å². The van der Waals surface area contributed by atoms with Gasteiger partial charge in [0.25, 0.3) is 0 Å². The smallest absolute Gasteiger partial charge is 0.227 e. The highest BCUT2D eigenvalue weighted by atomic mass is 16.2. The van der Waals surface area contributed by atoms with Crippen molar-refractivity contribution in [3.8, 4) is 0 Å². The Labute approximate surface area is 148 Å². The second-order valence-corrected chi connectivity index (χ2v) is 7.65. The predicted octanol–water partition coefficient (Wildman–Crippen LogP) is 1.94. The van der Waals surface area contributed by atoms with Gasteiger partial charge in [-0.2, -0.15) is 0 Å². The van der Waals surface area contributed by atoms with Crippen molar-refractivity contribution in [1.29, 1.82) is 0 Å². The quantitative estimate of drug-likeness (QED) is 0.873. The first-order valence-electron chi connectivity index (χ1n) is 8.64. The lowest BCUT2D eigenvalue weighted by Gasteiger charge is -2.35. The van der Waals surface area contributed by atoms with E-state index in [0.29, 0.717) is 31.6 Å². The molecule has 0 unspecified atom stereocenters. The molecule has 1 heterocycles. The molecule has 136 valence electrons. The Morgan fingerprint density at radius 3 is 2.16 bits per heavy atom. The summed E-state index contributed by atoms with van der Waals surface area (Å²) in [6.45, 7) is 6.97. The van der Waals surface area contributed by atoms with Crippen LogP contribution in [0.3, 0.4) is 0 Å². The van der Waals surface area contributed by atoms with Crippen LogP contribution in [0.25, 0.3) is 0 Å². The lowest BCUT2D eigenvalue weighted by molar-refractivity contribution is -0.142. The number of piperidine rings is 1. The summed E-state index contributed by atoms with van der Waals surface area (Å²) in [5.74, 6) is -0.357. The van der Waals surface area contributed by atoms with Crippen LogP contribution in [-0.2, 0) is 20.8 Å². The third-order valence-electron chi connectivity index (χ3n) is 4.39. The van der Waals surface area contributed by atoms with Crippen molar-refractivity contribution in [2.24, 2.45) is 17.1 Å². The Kier molecular flexibility index (Phi) is 5.82. The lowest BCUT2D eigenvalue weighted by atomic mass is 9.90. The largest absolute Gasteiger partial charge is 0.369 e. The number of benzene rings is 1. The predicted molar refractivity (Wildman–Crippen MR) is 96.7 cm³/mol. The number of carbonyl (C=O) groups is 3. The summed E-state index contributed by atoms with van der Waals surface area (Å²) >= 11 is 0. The molecule has 0 bridgehead atoms. The minimum absolute atomic E-state index is 0.0227. The van der Waals surface area contributed by atoms with Crippen LogP contribution < -0.4 is 11.1 Å². The van der Waals surface area contributed by atoms with E-state index < -0.39 is 0 Å². The number of carbonyl (C=O) groups excluding carboxylic acids is 3. The molecule has 0 aromatic heterocycles. The third kappa shape index (κ3) is 5.31. The van der Waals surface area contributed by atoms with Crippen molar-refractivity contribution in [1.82, 2.24) is 4.90 Å². The summed E-state index contributed by atoms with van der Waals surface area (Å²) in [5, 5.41) is 2.91. The minimum Gasteiger partial charge on any atom is -0.369 e. The molecule has 3 amide bonds. The van der Waals surface area contributed by atoms with Gasteiger partial charge in [0.05, 0.1) is 6.42 Å². The molecule has 1 aliphatic heterocycles. The number of amides is 3. The van der Waals surface area contributed by atoms with Gasteiger partial charge in [0.1, 0.15) is 0 Å². The molecule has 6 heteroatoms. The highest BCUT2D eigenvalue weighted by molar-refractivity contribution is 5.93. The van der Waals surface area contributed by atoms with E-state index in [0.717, 1.165) is 5.56 Å². The van der Waals surface area contributed by atoms with Gasteiger partial charge in [-0.1, -0.05) is 32.9 Å². The van der Waals surface area contributed by atoms with Gasteiger partial charge in [0, 0.05) is 30.1 Å². The first-order chi connectivity index (χ1) is 11.7. The Balaban J connectivity index is 1.86. The van der Waals surface area contributed by atoms with Crippen LogP contribution in [0, 0.1) is 11.3 Å². The fourth-order valence-corrected chi connectivity index (χ4v) is 2.97. The summed E-state index contributed by atoms with van der Waals surface area (Å²) in [5.41, 5.74) is 6.30. The van der Waals surface area contributed by atoms with E-state index in [1.165, 1.54) is 0 Å². The molecule has 3 N–H and O–H groups in total. The number of hydrogen-bond donors (Lipinski definition) is 2. The molecule has 25 heavy (non-hydrogen) atoms. The summed E-state index contributed by atoms with van der Waals surface area (Å²) in [4.78, 5) is 37.5. The van der Waals surface area contributed by atoms with E-state index in [1.807, 2.05) is 25.7 Å². The Bertz CT molecular complexity index is 639. The maximum Gasteiger partial charge on any atom is 0.227 e. The minimum atomic E-state index is -0.387. The maximum absolute atomic E-state index is 12.4. The lowest BCUT2D eigenvalue weighted by Crippen LogP contribution is -2.45. The number of rotatable bonds is 4. The van der Waals surface area contributed by atoms with Crippen molar-refractivity contribution < 1.29 is 14.4 Å². The number of nitrogens with two attached hydrogens (primary N) is 1. The van der Waals surface area contributed by atoms with Crippen LogP contribution >= 0.6 is 0 Å². The van der Waals surface area contributed by atoms with Crippen molar-refractivity contribution in [2.75, 3.05) is 18.4 Å². The summed E-state index contributed by atoms with van der Waals surface area (Å²) in [6, 6.07) is 7.11. The zero-order chi connectivity index (χ0) is 18.6. The van der Waals surface area contributed by atoms with Crippen LogP contribution in [-0.4, -0.2) is 35.7 Å². The van der Waals surface area contributed by atoms with E-state index in [4.69, 9.17) is 5.73 Å². The Morgan fingerprint density at radius 2 is 1.68 bits per heavy atom. The van der Waals surface area contributed by atoms with Crippen LogP contribution in [0.4, 0.5) is 5.69 Å². The molecule has 1 aromatic carbocycles. The second kappa shape index (κ2) is 7.68. The normalized spacial score (nSPS) is 15.7. The van der Waals surface area contributed by atoms with Gasteiger partial charge in [-0.15, -0.1) is 0 Å². The SMILES string of the molecule is CC(C)(C)C(=O)N1CCC(C(=O)Nc2ccc(CC(N)=O)cc2)CC1. The van der Waals surface area contributed by atoms with Crippen molar-refractivity contribution in [2.45, 2.75) is 40.0 Å². The van der Waals surface area contributed by atoms with E-state index >= 15 is 0 Å². The van der Waals surface area contributed by atoms with Crippen LogP contribution in [0.1, 0.15) is 39.2 Å². The fourth-order valence-electron chi connectivity index (χ4n) is 2.97. The first kappa shape index (κ1) is 19.0. The van der Waals surface area contributed by atoms with Crippen molar-refractivity contribution in [3.05, 3.63) is 29.8 Å². The van der Waals surface area contributed by atoms with Gasteiger partial charge < -0.3 is 16.0 Å². The number of nitrogens with zero attached hydrogens (tertiary/aromatic N) is 1. The average molecular weight is 345 g/mol. The van der Waals surface area contributed by atoms with E-state index in [2.05, 4.69) is 5.32 Å². The molecule has 0 aliphatic carbocycles. The first-order valence-corrected chi connectivity index (χ1v) is 8.64. The molecule has 0 saturated carbocycles. The molecule has 1 saturated heterocycles. The van der Waals surface area contributed by atoms with E-state index in [9.17, 15) is 14.4 Å². The number of anilines is 1. The highest BCUT2D eigenvalue weighted by Gasteiger charge is 2.32. The summed E-state index contributed by atoms with van der Waals surface area (Å²) < 4.78 is 0.